The Morgan fingerprint density at radius 1 is 1.17 bits per heavy atom. The van der Waals surface area contributed by atoms with E-state index in [1.807, 2.05) is 0 Å². The molecule has 0 radical (unpaired) electrons. The van der Waals surface area contributed by atoms with Crippen LogP contribution in [0.15, 0.2) is 18.2 Å². The van der Waals surface area contributed by atoms with Crippen LogP contribution in [0.3, 0.4) is 0 Å². The molecule has 1 saturated heterocycles. The van der Waals surface area contributed by atoms with Crippen LogP contribution in [0.5, 0.6) is 0 Å². The zero-order valence-corrected chi connectivity index (χ0v) is 14.4. The second-order valence-electron chi connectivity index (χ2n) is 6.48. The zero-order valence-electron chi connectivity index (χ0n) is 14.4. The molecule has 1 amide bonds. The van der Waals surface area contributed by atoms with Crippen molar-refractivity contribution in [3.05, 3.63) is 18.2 Å². The van der Waals surface area contributed by atoms with Crippen molar-refractivity contribution in [2.45, 2.75) is 19.9 Å². The largest absolute Gasteiger partial charge is 0.379 e. The standard InChI is InChI=1S/C17H24N6O/c1-12(2)19-16-14-5-4-13(23-8-6-22(3)7-9-23)10-15(14)20-21-17(16)18-11-24/h4-5,10-12H,6-9H2,1-3H3,(H,19,20)(H,18,21,24). The van der Waals surface area contributed by atoms with E-state index in [0.717, 1.165) is 48.5 Å². The lowest BCUT2D eigenvalue weighted by molar-refractivity contribution is -0.105. The number of fused-ring (bicyclic) bond motifs is 1. The van der Waals surface area contributed by atoms with Gasteiger partial charge in [-0.05, 0) is 39.1 Å². The summed E-state index contributed by atoms with van der Waals surface area (Å²) in [5.74, 6) is 0.457. The molecule has 3 rings (SSSR count). The molecule has 7 heteroatoms. The van der Waals surface area contributed by atoms with Crippen LogP contribution in [0.25, 0.3) is 10.9 Å². The predicted molar refractivity (Wildman–Crippen MR) is 97.7 cm³/mol. The summed E-state index contributed by atoms with van der Waals surface area (Å²) in [6.45, 7) is 8.25. The van der Waals surface area contributed by atoms with E-state index in [4.69, 9.17) is 0 Å². The van der Waals surface area contributed by atoms with Gasteiger partial charge in [-0.2, -0.15) is 0 Å². The highest BCUT2D eigenvalue weighted by Gasteiger charge is 2.17. The molecule has 0 aliphatic carbocycles. The molecule has 0 bridgehead atoms. The van der Waals surface area contributed by atoms with Crippen LogP contribution in [-0.4, -0.2) is 60.8 Å². The van der Waals surface area contributed by atoms with E-state index in [0.29, 0.717) is 12.2 Å². The third-order valence-corrected chi connectivity index (χ3v) is 4.24. The third-order valence-electron chi connectivity index (χ3n) is 4.24. The Kier molecular flexibility index (Phi) is 4.80. The Bertz CT molecular complexity index is 724. The Balaban J connectivity index is 1.98. The van der Waals surface area contributed by atoms with Crippen LogP contribution in [0, 0.1) is 0 Å². The number of nitrogens with one attached hydrogen (secondary N) is 2. The highest BCUT2D eigenvalue weighted by Crippen LogP contribution is 2.31. The Labute approximate surface area is 142 Å². The third kappa shape index (κ3) is 3.41. The first-order valence-electron chi connectivity index (χ1n) is 8.29. The van der Waals surface area contributed by atoms with Gasteiger partial charge in [-0.1, -0.05) is 0 Å². The zero-order chi connectivity index (χ0) is 17.1. The quantitative estimate of drug-likeness (QED) is 0.815. The number of likely N-dealkylation sites (N-methyl/N-ethyl adjacent to an activating group) is 1. The van der Waals surface area contributed by atoms with E-state index in [1.165, 1.54) is 0 Å². The summed E-state index contributed by atoms with van der Waals surface area (Å²) < 4.78 is 0. The highest BCUT2D eigenvalue weighted by molar-refractivity contribution is 5.99. The summed E-state index contributed by atoms with van der Waals surface area (Å²) in [7, 11) is 2.15. The van der Waals surface area contributed by atoms with E-state index in [2.05, 4.69) is 69.7 Å². The summed E-state index contributed by atoms with van der Waals surface area (Å²) in [5.41, 5.74) is 2.80. The van der Waals surface area contributed by atoms with Gasteiger partial charge in [-0.3, -0.25) is 4.79 Å². The van der Waals surface area contributed by atoms with Crippen molar-refractivity contribution in [2.24, 2.45) is 0 Å². The van der Waals surface area contributed by atoms with Gasteiger partial charge in [0.2, 0.25) is 6.41 Å². The number of nitrogens with zero attached hydrogens (tertiary/aromatic N) is 4. The predicted octanol–water partition coefficient (Wildman–Crippen LogP) is 1.77. The molecule has 0 spiro atoms. The van der Waals surface area contributed by atoms with E-state index >= 15 is 0 Å². The minimum atomic E-state index is 0.224. The van der Waals surface area contributed by atoms with Crippen molar-refractivity contribution in [1.29, 1.82) is 0 Å². The van der Waals surface area contributed by atoms with Gasteiger partial charge in [0, 0.05) is 43.3 Å². The molecule has 0 atom stereocenters. The Morgan fingerprint density at radius 3 is 2.58 bits per heavy atom. The average molecular weight is 328 g/mol. The minimum Gasteiger partial charge on any atom is -0.379 e. The number of benzene rings is 1. The van der Waals surface area contributed by atoms with Crippen LogP contribution in [-0.2, 0) is 4.79 Å². The van der Waals surface area contributed by atoms with Gasteiger partial charge in [0.05, 0.1) is 11.2 Å². The molecule has 1 fully saturated rings. The average Bonchev–Trinajstić information content (AvgIpc) is 2.57. The molecule has 2 N–H and O–H groups in total. The minimum absolute atomic E-state index is 0.224. The first kappa shape index (κ1) is 16.4. The van der Waals surface area contributed by atoms with E-state index < -0.39 is 0 Å². The molecule has 2 heterocycles. The number of piperazine rings is 1. The maximum absolute atomic E-state index is 10.8. The smallest absolute Gasteiger partial charge is 0.212 e. The van der Waals surface area contributed by atoms with Crippen molar-refractivity contribution in [3.63, 3.8) is 0 Å². The summed E-state index contributed by atoms with van der Waals surface area (Å²) in [4.78, 5) is 15.5. The van der Waals surface area contributed by atoms with Crippen molar-refractivity contribution in [1.82, 2.24) is 15.1 Å². The molecule has 1 aliphatic rings. The number of amides is 1. The number of hydrogen-bond donors (Lipinski definition) is 2. The molecule has 0 unspecified atom stereocenters. The van der Waals surface area contributed by atoms with Crippen LogP contribution < -0.4 is 15.5 Å². The fourth-order valence-electron chi connectivity index (χ4n) is 2.95. The van der Waals surface area contributed by atoms with Gasteiger partial charge in [0.1, 0.15) is 0 Å². The summed E-state index contributed by atoms with van der Waals surface area (Å²) in [6, 6.07) is 6.47. The van der Waals surface area contributed by atoms with Crippen molar-refractivity contribution in [3.8, 4) is 0 Å². The van der Waals surface area contributed by atoms with Gasteiger partial charge in [0.25, 0.3) is 0 Å². The number of aromatic nitrogens is 2. The van der Waals surface area contributed by atoms with Gasteiger partial charge >= 0.3 is 0 Å². The summed E-state index contributed by atoms with van der Waals surface area (Å²) in [5, 5.41) is 15.4. The lowest BCUT2D eigenvalue weighted by Gasteiger charge is -2.34. The highest BCUT2D eigenvalue weighted by atomic mass is 16.1. The molecular formula is C17H24N6O. The first-order valence-corrected chi connectivity index (χ1v) is 8.29. The van der Waals surface area contributed by atoms with Gasteiger partial charge in [-0.25, -0.2) is 0 Å². The van der Waals surface area contributed by atoms with Crippen molar-refractivity contribution in [2.75, 3.05) is 48.8 Å². The van der Waals surface area contributed by atoms with Gasteiger partial charge in [-0.15, -0.1) is 10.2 Å². The Morgan fingerprint density at radius 2 is 1.92 bits per heavy atom. The molecule has 1 aromatic heterocycles. The summed E-state index contributed by atoms with van der Waals surface area (Å²) >= 11 is 0. The number of carbonyl (C=O) groups is 1. The fraction of sp³-hybridized carbons (Fsp3) is 0.471. The maximum atomic E-state index is 10.8. The topological polar surface area (TPSA) is 73.4 Å². The number of hydrogen-bond acceptors (Lipinski definition) is 6. The molecule has 7 nitrogen and oxygen atoms in total. The Hall–Kier alpha value is -2.41. The maximum Gasteiger partial charge on any atom is 0.212 e. The van der Waals surface area contributed by atoms with Crippen LogP contribution in [0.4, 0.5) is 17.2 Å². The molecule has 1 aromatic carbocycles. The SMILES string of the molecule is CC(C)Nc1c(NC=O)nnc2cc(N3CCN(C)CC3)ccc12. The number of carbonyl (C=O) groups excluding carboxylic acids is 1. The van der Waals surface area contributed by atoms with Crippen LogP contribution >= 0.6 is 0 Å². The lowest BCUT2D eigenvalue weighted by atomic mass is 10.1. The molecule has 0 saturated carbocycles. The fourth-order valence-corrected chi connectivity index (χ4v) is 2.95. The lowest BCUT2D eigenvalue weighted by Crippen LogP contribution is -2.44. The van der Waals surface area contributed by atoms with Gasteiger partial charge in [0.15, 0.2) is 5.82 Å². The van der Waals surface area contributed by atoms with E-state index in [-0.39, 0.29) is 6.04 Å². The molecular weight excluding hydrogens is 304 g/mol. The number of rotatable bonds is 5. The second kappa shape index (κ2) is 7.00. The first-order chi connectivity index (χ1) is 11.6. The molecule has 1 aliphatic heterocycles. The normalized spacial score (nSPS) is 15.8. The molecule has 24 heavy (non-hydrogen) atoms. The van der Waals surface area contributed by atoms with Crippen LogP contribution in [0.2, 0.25) is 0 Å². The summed E-state index contributed by atoms with van der Waals surface area (Å²) in [6.07, 6.45) is 0.625. The monoisotopic (exact) mass is 328 g/mol. The van der Waals surface area contributed by atoms with Crippen molar-refractivity contribution >= 4 is 34.5 Å². The van der Waals surface area contributed by atoms with Crippen LogP contribution in [0.1, 0.15) is 13.8 Å². The van der Waals surface area contributed by atoms with E-state index in [1.54, 1.807) is 0 Å². The van der Waals surface area contributed by atoms with E-state index in [9.17, 15) is 4.79 Å². The molecule has 128 valence electrons. The van der Waals surface area contributed by atoms with Gasteiger partial charge < -0.3 is 20.4 Å². The molecule has 2 aromatic rings. The van der Waals surface area contributed by atoms with Crippen molar-refractivity contribution < 1.29 is 4.79 Å². The second-order valence-corrected chi connectivity index (χ2v) is 6.48. The number of anilines is 3.